The molecule has 0 bridgehead atoms. The van der Waals surface area contributed by atoms with Gasteiger partial charge in [-0.2, -0.15) is 0 Å². The molecule has 2 aromatic rings. The van der Waals surface area contributed by atoms with E-state index >= 15 is 0 Å². The van der Waals surface area contributed by atoms with Gasteiger partial charge < -0.3 is 9.32 Å². The molecule has 0 atom stereocenters. The standard InChI is InChI=1S/C14H13N3O2/c18-14(4-3-12-2-1-7-19-12)17-6-5-13-11(9-17)8-15-10-16-13/h1-4,7-8,10H,5-6,9H2/b4-3+. The van der Waals surface area contributed by atoms with Crippen LogP contribution in [0.15, 0.2) is 41.4 Å². The van der Waals surface area contributed by atoms with E-state index in [1.165, 1.54) is 6.08 Å². The third-order valence-electron chi connectivity index (χ3n) is 3.11. The molecule has 0 saturated carbocycles. The number of furan rings is 1. The van der Waals surface area contributed by atoms with Crippen LogP contribution in [0.3, 0.4) is 0 Å². The molecule has 3 heterocycles. The minimum atomic E-state index is -0.0223. The third kappa shape index (κ3) is 2.54. The number of carbonyl (C=O) groups is 1. The van der Waals surface area contributed by atoms with E-state index in [2.05, 4.69) is 9.97 Å². The van der Waals surface area contributed by atoms with E-state index in [4.69, 9.17) is 4.42 Å². The maximum atomic E-state index is 12.1. The fourth-order valence-corrected chi connectivity index (χ4v) is 2.10. The van der Waals surface area contributed by atoms with E-state index < -0.39 is 0 Å². The molecule has 0 aromatic carbocycles. The van der Waals surface area contributed by atoms with Crippen molar-refractivity contribution < 1.29 is 9.21 Å². The summed E-state index contributed by atoms with van der Waals surface area (Å²) in [5.41, 5.74) is 2.06. The van der Waals surface area contributed by atoms with E-state index in [1.54, 1.807) is 35.8 Å². The average molecular weight is 255 g/mol. The Balaban J connectivity index is 1.69. The zero-order valence-electron chi connectivity index (χ0n) is 10.3. The summed E-state index contributed by atoms with van der Waals surface area (Å²) >= 11 is 0. The predicted octanol–water partition coefficient (Wildman–Crippen LogP) is 1.67. The Labute approximate surface area is 110 Å². The number of aromatic nitrogens is 2. The van der Waals surface area contributed by atoms with Crippen molar-refractivity contribution >= 4 is 12.0 Å². The summed E-state index contributed by atoms with van der Waals surface area (Å²) in [7, 11) is 0. The largest absolute Gasteiger partial charge is 0.465 e. The van der Waals surface area contributed by atoms with E-state index in [9.17, 15) is 4.79 Å². The minimum Gasteiger partial charge on any atom is -0.465 e. The molecule has 3 rings (SSSR count). The summed E-state index contributed by atoms with van der Waals surface area (Å²) in [6.45, 7) is 1.25. The summed E-state index contributed by atoms with van der Waals surface area (Å²) in [6, 6.07) is 3.60. The van der Waals surface area contributed by atoms with Crippen LogP contribution in [-0.4, -0.2) is 27.3 Å². The van der Waals surface area contributed by atoms with E-state index in [0.717, 1.165) is 17.7 Å². The second kappa shape index (κ2) is 5.06. The zero-order valence-corrected chi connectivity index (χ0v) is 10.3. The van der Waals surface area contributed by atoms with Crippen LogP contribution in [0.4, 0.5) is 0 Å². The van der Waals surface area contributed by atoms with Gasteiger partial charge in [0.1, 0.15) is 12.1 Å². The number of carbonyl (C=O) groups excluding carboxylic acids is 1. The molecule has 96 valence electrons. The van der Waals surface area contributed by atoms with Crippen LogP contribution in [-0.2, 0) is 17.8 Å². The van der Waals surface area contributed by atoms with Gasteiger partial charge in [-0.05, 0) is 18.2 Å². The molecule has 2 aromatic heterocycles. The number of nitrogens with zero attached hydrogens (tertiary/aromatic N) is 3. The van der Waals surface area contributed by atoms with Crippen molar-refractivity contribution in [1.29, 1.82) is 0 Å². The monoisotopic (exact) mass is 255 g/mol. The van der Waals surface area contributed by atoms with Crippen LogP contribution in [0.2, 0.25) is 0 Å². The van der Waals surface area contributed by atoms with Crippen molar-refractivity contribution in [3.8, 4) is 0 Å². The lowest BCUT2D eigenvalue weighted by Crippen LogP contribution is -2.35. The zero-order chi connectivity index (χ0) is 13.1. The van der Waals surface area contributed by atoms with E-state index in [1.807, 2.05) is 6.07 Å². The first-order valence-corrected chi connectivity index (χ1v) is 6.11. The topological polar surface area (TPSA) is 59.2 Å². The molecule has 1 aliphatic rings. The van der Waals surface area contributed by atoms with Crippen molar-refractivity contribution in [1.82, 2.24) is 14.9 Å². The quantitative estimate of drug-likeness (QED) is 0.766. The van der Waals surface area contributed by atoms with Gasteiger partial charge in [0.05, 0.1) is 12.0 Å². The molecule has 5 nitrogen and oxygen atoms in total. The van der Waals surface area contributed by atoms with Crippen LogP contribution < -0.4 is 0 Å². The molecule has 5 heteroatoms. The number of hydrogen-bond donors (Lipinski definition) is 0. The normalized spacial score (nSPS) is 14.6. The highest BCUT2D eigenvalue weighted by molar-refractivity contribution is 5.91. The van der Waals surface area contributed by atoms with Gasteiger partial charge in [-0.15, -0.1) is 0 Å². The Morgan fingerprint density at radius 1 is 1.47 bits per heavy atom. The average Bonchev–Trinajstić information content (AvgIpc) is 2.97. The summed E-state index contributed by atoms with van der Waals surface area (Å²) in [6.07, 6.45) is 8.90. The van der Waals surface area contributed by atoms with Crippen LogP contribution in [0.5, 0.6) is 0 Å². The summed E-state index contributed by atoms with van der Waals surface area (Å²) in [5.74, 6) is 0.653. The molecule has 1 amide bonds. The van der Waals surface area contributed by atoms with Crippen LogP contribution in [0.1, 0.15) is 17.0 Å². The molecule has 19 heavy (non-hydrogen) atoms. The fourth-order valence-electron chi connectivity index (χ4n) is 2.10. The Hall–Kier alpha value is -2.43. The third-order valence-corrected chi connectivity index (χ3v) is 3.11. The molecule has 0 aliphatic carbocycles. The lowest BCUT2D eigenvalue weighted by atomic mass is 10.1. The highest BCUT2D eigenvalue weighted by Crippen LogP contribution is 2.16. The lowest BCUT2D eigenvalue weighted by molar-refractivity contribution is -0.126. The lowest BCUT2D eigenvalue weighted by Gasteiger charge is -2.26. The van der Waals surface area contributed by atoms with Gasteiger partial charge >= 0.3 is 0 Å². The summed E-state index contributed by atoms with van der Waals surface area (Å²) in [5, 5.41) is 0. The molecule has 0 fully saturated rings. The molecule has 0 N–H and O–H groups in total. The molecule has 1 aliphatic heterocycles. The molecule has 0 unspecified atom stereocenters. The number of hydrogen-bond acceptors (Lipinski definition) is 4. The molecule has 0 spiro atoms. The maximum Gasteiger partial charge on any atom is 0.247 e. The second-order valence-corrected chi connectivity index (χ2v) is 4.35. The first-order chi connectivity index (χ1) is 9.33. The highest BCUT2D eigenvalue weighted by Gasteiger charge is 2.19. The van der Waals surface area contributed by atoms with Crippen molar-refractivity contribution in [3.05, 3.63) is 54.0 Å². The van der Waals surface area contributed by atoms with Gasteiger partial charge in [-0.25, -0.2) is 9.97 Å². The fraction of sp³-hybridized carbons (Fsp3) is 0.214. The van der Waals surface area contributed by atoms with Crippen molar-refractivity contribution in [2.45, 2.75) is 13.0 Å². The van der Waals surface area contributed by atoms with Crippen LogP contribution in [0.25, 0.3) is 6.08 Å². The second-order valence-electron chi connectivity index (χ2n) is 4.35. The highest BCUT2D eigenvalue weighted by atomic mass is 16.3. The molecular formula is C14H13N3O2. The van der Waals surface area contributed by atoms with Gasteiger partial charge in [0, 0.05) is 37.3 Å². The van der Waals surface area contributed by atoms with Gasteiger partial charge in [-0.1, -0.05) is 0 Å². The number of fused-ring (bicyclic) bond motifs is 1. The molecular weight excluding hydrogens is 242 g/mol. The van der Waals surface area contributed by atoms with E-state index in [-0.39, 0.29) is 5.91 Å². The Kier molecular flexibility index (Phi) is 3.10. The Morgan fingerprint density at radius 2 is 2.42 bits per heavy atom. The molecule has 0 saturated heterocycles. The minimum absolute atomic E-state index is 0.0223. The van der Waals surface area contributed by atoms with Crippen LogP contribution in [0, 0.1) is 0 Å². The van der Waals surface area contributed by atoms with Crippen LogP contribution >= 0.6 is 0 Å². The number of rotatable bonds is 2. The first-order valence-electron chi connectivity index (χ1n) is 6.11. The summed E-state index contributed by atoms with van der Waals surface area (Å²) < 4.78 is 5.15. The van der Waals surface area contributed by atoms with Crippen molar-refractivity contribution in [2.24, 2.45) is 0 Å². The summed E-state index contributed by atoms with van der Waals surface area (Å²) in [4.78, 5) is 22.1. The Bertz CT molecular complexity index is 605. The first kappa shape index (κ1) is 11.6. The van der Waals surface area contributed by atoms with Gasteiger partial charge in [0.25, 0.3) is 0 Å². The van der Waals surface area contributed by atoms with Crippen molar-refractivity contribution in [2.75, 3.05) is 6.54 Å². The van der Waals surface area contributed by atoms with E-state index in [0.29, 0.717) is 18.8 Å². The number of amides is 1. The van der Waals surface area contributed by atoms with Gasteiger partial charge in [0.15, 0.2) is 0 Å². The SMILES string of the molecule is O=C(/C=C/c1ccco1)N1CCc2ncncc2C1. The smallest absolute Gasteiger partial charge is 0.247 e. The molecule has 0 radical (unpaired) electrons. The predicted molar refractivity (Wildman–Crippen MR) is 68.9 cm³/mol. The van der Waals surface area contributed by atoms with Crippen molar-refractivity contribution in [3.63, 3.8) is 0 Å². The Morgan fingerprint density at radius 3 is 3.26 bits per heavy atom. The van der Waals surface area contributed by atoms with Gasteiger partial charge in [-0.3, -0.25) is 4.79 Å². The van der Waals surface area contributed by atoms with Gasteiger partial charge in [0.2, 0.25) is 5.91 Å². The maximum absolute atomic E-state index is 12.1.